The minimum absolute atomic E-state index is 0.0580. The second-order valence-corrected chi connectivity index (χ2v) is 34.2. The summed E-state index contributed by atoms with van der Waals surface area (Å²) in [6.07, 6.45) is 22.9. The first kappa shape index (κ1) is 37.2. The molecular formula is C69H80O2. The lowest BCUT2D eigenvalue weighted by Gasteiger charge is -2.73. The summed E-state index contributed by atoms with van der Waals surface area (Å²) in [6, 6.07) is 12.7. The number of allylic oxidation sites excluding steroid dienone is 2. The summed E-state index contributed by atoms with van der Waals surface area (Å²) in [5.74, 6) is 46.6. The predicted molar refractivity (Wildman–Crippen MR) is 265 cm³/mol. The van der Waals surface area contributed by atoms with Crippen LogP contribution in [0.4, 0.5) is 0 Å². The van der Waals surface area contributed by atoms with E-state index in [0.29, 0.717) is 11.8 Å². The van der Waals surface area contributed by atoms with Crippen molar-refractivity contribution in [3.8, 4) is 0 Å². The highest BCUT2D eigenvalue weighted by atomic mass is 16.5. The minimum atomic E-state index is 0.0580. The number of benzene rings is 1. The van der Waals surface area contributed by atoms with Crippen molar-refractivity contribution in [3.05, 3.63) is 47.0 Å². The molecule has 0 aliphatic heterocycles. The van der Waals surface area contributed by atoms with E-state index in [2.05, 4.69) is 41.5 Å². The Morgan fingerprint density at radius 2 is 1.00 bits per heavy atom. The van der Waals surface area contributed by atoms with E-state index < -0.39 is 0 Å². The standard InChI is InChI=1S/C69H80O2/c1-71-33(70)8-5-14-68(29-6-3-2-4-7-29)67-32-21-28-18-27-20-31-30-19-26-17-24-12-10-22-9-11-23-16-25-13-15-69(67,68)66-40(25)48-36(23)45-34(22)44-35(24)46-37(26)41(30)50-51-42(31)38(27)47-39(28)49-43(32)65(66)64-56(48)60-54(45)53(44)59(52(46)50)61-58(51)55(47)57(49)63(64)62(60)61/h2-4,6-7,22-28,30-32,34-40,42-49,51-67H,5,8-21H2,1H3. The van der Waals surface area contributed by atoms with E-state index in [1.54, 1.807) is 89.7 Å². The molecule has 44 atom stereocenters. The van der Waals surface area contributed by atoms with Gasteiger partial charge in [-0.2, -0.15) is 0 Å². The van der Waals surface area contributed by atoms with Gasteiger partial charge in [0.15, 0.2) is 0 Å². The number of esters is 1. The van der Waals surface area contributed by atoms with Crippen molar-refractivity contribution in [2.24, 2.45) is 254 Å². The Morgan fingerprint density at radius 3 is 1.75 bits per heavy atom. The van der Waals surface area contributed by atoms with E-state index in [9.17, 15) is 4.79 Å². The average molecular weight is 941 g/mol. The highest BCUT2D eigenvalue weighted by Crippen LogP contribution is 2.99. The second-order valence-electron chi connectivity index (χ2n) is 34.2. The van der Waals surface area contributed by atoms with E-state index in [0.717, 1.165) is 225 Å². The summed E-state index contributed by atoms with van der Waals surface area (Å²) >= 11 is 0. The largest absolute Gasteiger partial charge is 0.469 e. The SMILES string of the molecule is COC(=O)CCCC1(c2ccccc2)C2C3CC4CC5CC6C7CC8CC9CCC%10CCC%11CC%12CCC21C1C%12C2C%11C%11C%10C%10C9C9C8C7=C7C9C8C9C%12C7C6C5C5C4C4C3C1C1C(C4C%125)C9C(C%11C8%10)C21. The molecule has 0 amide bonds. The molecule has 0 saturated heterocycles. The number of rotatable bonds is 5. The van der Waals surface area contributed by atoms with Crippen LogP contribution in [0.5, 0.6) is 0 Å². The lowest BCUT2D eigenvalue weighted by atomic mass is 9.31. The van der Waals surface area contributed by atoms with Crippen molar-refractivity contribution in [2.45, 2.75) is 102 Å². The maximum atomic E-state index is 13.3. The molecule has 368 valence electrons. The summed E-state index contributed by atoms with van der Waals surface area (Å²) in [6.45, 7) is 0. The molecular weight excluding hydrogens is 861 g/mol. The van der Waals surface area contributed by atoms with Crippen LogP contribution in [0.2, 0.25) is 0 Å². The third kappa shape index (κ3) is 3.13. The molecule has 24 aliphatic carbocycles. The lowest BCUT2D eigenvalue weighted by molar-refractivity contribution is -0.262. The van der Waals surface area contributed by atoms with Crippen molar-refractivity contribution in [2.75, 3.05) is 7.11 Å². The Hall–Kier alpha value is -1.57. The molecule has 22 saturated carbocycles. The third-order valence-corrected chi connectivity index (χ3v) is 36.3. The molecule has 1 spiro atoms. The number of methoxy groups -OCH3 is 1. The van der Waals surface area contributed by atoms with Crippen molar-refractivity contribution in [1.82, 2.24) is 0 Å². The Morgan fingerprint density at radius 1 is 0.465 bits per heavy atom. The van der Waals surface area contributed by atoms with Gasteiger partial charge < -0.3 is 4.74 Å². The number of carbonyl (C=O) groups is 1. The molecule has 25 rings (SSSR count). The Balaban J connectivity index is 0.813. The van der Waals surface area contributed by atoms with Crippen LogP contribution in [0.25, 0.3) is 0 Å². The molecule has 1 aromatic rings. The van der Waals surface area contributed by atoms with E-state index >= 15 is 0 Å². The molecule has 0 bridgehead atoms. The third-order valence-electron chi connectivity index (χ3n) is 36.3. The summed E-state index contributed by atoms with van der Waals surface area (Å²) in [7, 11) is 1.67. The van der Waals surface area contributed by atoms with Gasteiger partial charge in [-0.3, -0.25) is 4.79 Å². The molecule has 2 nitrogen and oxygen atoms in total. The maximum Gasteiger partial charge on any atom is 0.305 e. The molecule has 1 aromatic carbocycles. The monoisotopic (exact) mass is 941 g/mol. The zero-order valence-electron chi connectivity index (χ0n) is 42.6. The van der Waals surface area contributed by atoms with Gasteiger partial charge in [0.2, 0.25) is 0 Å². The Kier molecular flexibility index (Phi) is 5.69. The number of ether oxygens (including phenoxy) is 1. The number of hydrogen-bond donors (Lipinski definition) is 0. The zero-order valence-corrected chi connectivity index (χ0v) is 42.6. The van der Waals surface area contributed by atoms with Crippen molar-refractivity contribution in [3.63, 3.8) is 0 Å². The van der Waals surface area contributed by atoms with Crippen LogP contribution in [0.3, 0.4) is 0 Å². The van der Waals surface area contributed by atoms with Crippen molar-refractivity contribution < 1.29 is 9.53 Å². The van der Waals surface area contributed by atoms with E-state index in [1.165, 1.54) is 36.0 Å². The second kappa shape index (κ2) is 10.8. The molecule has 0 N–H and O–H groups in total. The van der Waals surface area contributed by atoms with Gasteiger partial charge in [0.1, 0.15) is 0 Å². The average Bonchev–Trinajstić information content (AvgIpc) is 4.28. The van der Waals surface area contributed by atoms with E-state index in [4.69, 9.17) is 4.74 Å². The van der Waals surface area contributed by atoms with Gasteiger partial charge in [0.05, 0.1) is 7.11 Å². The fourth-order valence-electron chi connectivity index (χ4n) is 38.7. The smallest absolute Gasteiger partial charge is 0.305 e. The van der Waals surface area contributed by atoms with Crippen LogP contribution >= 0.6 is 0 Å². The lowest BCUT2D eigenvalue weighted by Crippen LogP contribution is -2.70. The highest BCUT2D eigenvalue weighted by Gasteiger charge is 2.95. The predicted octanol–water partition coefficient (Wildman–Crippen LogP) is 12.4. The number of hydrogen-bond acceptors (Lipinski definition) is 2. The molecule has 0 aromatic heterocycles. The van der Waals surface area contributed by atoms with Crippen LogP contribution in [0.1, 0.15) is 102 Å². The van der Waals surface area contributed by atoms with Gasteiger partial charge in [-0.05, 0) is 349 Å². The van der Waals surface area contributed by atoms with Crippen LogP contribution in [0.15, 0.2) is 41.5 Å². The maximum absolute atomic E-state index is 13.3. The first-order chi connectivity index (χ1) is 35.1. The van der Waals surface area contributed by atoms with Gasteiger partial charge in [0.25, 0.3) is 0 Å². The fraction of sp³-hybridized carbons (Fsp3) is 0.870. The summed E-state index contributed by atoms with van der Waals surface area (Å²) in [5.41, 5.74) is 7.37. The van der Waals surface area contributed by atoms with Crippen LogP contribution < -0.4 is 0 Å². The fourth-order valence-corrected chi connectivity index (χ4v) is 38.7. The summed E-state index contributed by atoms with van der Waals surface area (Å²) < 4.78 is 5.51. The molecule has 24 aliphatic rings. The van der Waals surface area contributed by atoms with Gasteiger partial charge in [-0.15, -0.1) is 0 Å². The van der Waals surface area contributed by atoms with Crippen LogP contribution in [0, 0.1) is 254 Å². The zero-order chi connectivity index (χ0) is 44.4. The van der Waals surface area contributed by atoms with Crippen LogP contribution in [-0.4, -0.2) is 13.1 Å². The number of carbonyl (C=O) groups excluding carboxylic acids is 1. The van der Waals surface area contributed by atoms with Gasteiger partial charge in [0, 0.05) is 11.8 Å². The molecule has 22 fully saturated rings. The molecule has 44 unspecified atom stereocenters. The summed E-state index contributed by atoms with van der Waals surface area (Å²) in [4.78, 5) is 13.3. The minimum Gasteiger partial charge on any atom is -0.469 e. The van der Waals surface area contributed by atoms with Gasteiger partial charge >= 0.3 is 5.97 Å². The molecule has 71 heavy (non-hydrogen) atoms. The van der Waals surface area contributed by atoms with Crippen LogP contribution in [-0.2, 0) is 14.9 Å². The van der Waals surface area contributed by atoms with Crippen molar-refractivity contribution in [1.29, 1.82) is 0 Å². The van der Waals surface area contributed by atoms with Gasteiger partial charge in [-0.1, -0.05) is 41.5 Å². The Bertz CT molecular complexity index is 2840. The van der Waals surface area contributed by atoms with E-state index in [-0.39, 0.29) is 11.4 Å². The first-order valence-corrected chi connectivity index (χ1v) is 33.0. The normalized spacial score (nSPS) is 76.1. The topological polar surface area (TPSA) is 26.3 Å². The summed E-state index contributed by atoms with van der Waals surface area (Å²) in [5, 5.41) is 0. The Labute approximate surface area is 423 Å². The van der Waals surface area contributed by atoms with Gasteiger partial charge in [-0.25, -0.2) is 0 Å². The number of fused-ring (bicyclic) bond motifs is 2. The van der Waals surface area contributed by atoms with E-state index in [1.807, 2.05) is 0 Å². The first-order valence-electron chi connectivity index (χ1n) is 33.0. The molecule has 0 heterocycles. The molecule has 2 heteroatoms. The van der Waals surface area contributed by atoms with Crippen molar-refractivity contribution >= 4 is 5.97 Å². The molecule has 0 radical (unpaired) electrons. The quantitative estimate of drug-likeness (QED) is 0.217. The highest BCUT2D eigenvalue weighted by molar-refractivity contribution is 5.69.